The quantitative estimate of drug-likeness (QED) is 0.253. The molecule has 3 N–H and O–H groups in total. The van der Waals surface area contributed by atoms with Gasteiger partial charge in [-0.1, -0.05) is 36.4 Å². The molecule has 238 valence electrons. The number of carbonyl (C=O) groups excluding carboxylic acids is 2. The van der Waals surface area contributed by atoms with Crippen LogP contribution in [0.25, 0.3) is 0 Å². The second-order valence-corrected chi connectivity index (χ2v) is 11.8. The lowest BCUT2D eigenvalue weighted by Gasteiger charge is -2.36. The average Bonchev–Trinajstić information content (AvgIpc) is 3.53. The lowest BCUT2D eigenvalue weighted by Crippen LogP contribution is -2.48. The molecule has 13 heteroatoms. The molecule has 0 spiro atoms. The minimum absolute atomic E-state index is 0.0855. The van der Waals surface area contributed by atoms with Crippen LogP contribution < -0.4 is 5.32 Å². The third-order valence-electron chi connectivity index (χ3n) is 7.66. The lowest BCUT2D eigenvalue weighted by atomic mass is 10.0. The van der Waals surface area contributed by atoms with Crippen molar-refractivity contribution in [3.63, 3.8) is 0 Å². The van der Waals surface area contributed by atoms with E-state index in [9.17, 15) is 32.7 Å². The molecule has 3 aromatic carbocycles. The molecule has 2 saturated heterocycles. The summed E-state index contributed by atoms with van der Waals surface area (Å²) in [6.45, 7) is -0.222. The number of nitrogens with one attached hydrogen (secondary N) is 1. The van der Waals surface area contributed by atoms with Gasteiger partial charge in [-0.25, -0.2) is 4.79 Å². The van der Waals surface area contributed by atoms with Gasteiger partial charge in [-0.15, -0.1) is 11.8 Å². The van der Waals surface area contributed by atoms with Crippen LogP contribution in [0.5, 0.6) is 0 Å². The minimum Gasteiger partial charge on any atom is -0.478 e. The number of ether oxygens (including phenoxy) is 2. The zero-order valence-corrected chi connectivity index (χ0v) is 24.7. The first-order chi connectivity index (χ1) is 21.5. The maximum absolute atomic E-state index is 13.0. The fourth-order valence-corrected chi connectivity index (χ4v) is 6.22. The Kier molecular flexibility index (Phi) is 10.1. The molecule has 0 bridgehead atoms. The van der Waals surface area contributed by atoms with E-state index in [0.29, 0.717) is 34.7 Å². The van der Waals surface area contributed by atoms with Crippen LogP contribution in [0.1, 0.15) is 58.7 Å². The van der Waals surface area contributed by atoms with E-state index in [4.69, 9.17) is 14.6 Å². The van der Waals surface area contributed by atoms with E-state index in [1.54, 1.807) is 48.5 Å². The smallest absolute Gasteiger partial charge is 0.471 e. The highest BCUT2D eigenvalue weighted by atomic mass is 32.2. The van der Waals surface area contributed by atoms with Crippen molar-refractivity contribution in [1.82, 2.24) is 4.90 Å². The van der Waals surface area contributed by atoms with E-state index < -0.39 is 36.3 Å². The van der Waals surface area contributed by atoms with E-state index in [2.05, 4.69) is 5.32 Å². The summed E-state index contributed by atoms with van der Waals surface area (Å²) in [7, 11) is 0. The van der Waals surface area contributed by atoms with Gasteiger partial charge in [0.15, 0.2) is 6.29 Å². The molecular weight excluding hydrogens is 613 g/mol. The summed E-state index contributed by atoms with van der Waals surface area (Å²) in [5, 5.41) is 21.2. The highest BCUT2D eigenvalue weighted by Crippen LogP contribution is 2.40. The SMILES string of the molecule is O=C(O)c1ccc(SC[C@@H]2C[C@H](c3ccc(CO)cc3)O[C@H](c3ccc(NC(=O)[C@@H]4CCCN4C(=O)C(F)(F)F)cc3)O2)cc1. The number of hydrogen-bond acceptors (Lipinski definition) is 7. The van der Waals surface area contributed by atoms with Gasteiger partial charge in [-0.05, 0) is 60.4 Å². The zero-order valence-electron chi connectivity index (χ0n) is 23.9. The summed E-state index contributed by atoms with van der Waals surface area (Å²) in [6.07, 6.45) is -5.45. The lowest BCUT2D eigenvalue weighted by molar-refractivity contribution is -0.245. The largest absolute Gasteiger partial charge is 0.478 e. The van der Waals surface area contributed by atoms with Crippen LogP contribution in [0.4, 0.5) is 18.9 Å². The molecule has 2 fully saturated rings. The number of benzene rings is 3. The number of hydrogen-bond donors (Lipinski definition) is 3. The molecule has 2 aliphatic rings. The molecule has 0 radical (unpaired) electrons. The van der Waals surface area contributed by atoms with Crippen molar-refractivity contribution in [1.29, 1.82) is 0 Å². The Labute approximate surface area is 261 Å². The number of halogens is 3. The van der Waals surface area contributed by atoms with Crippen molar-refractivity contribution in [3.05, 3.63) is 95.1 Å². The Hall–Kier alpha value is -3.91. The molecule has 0 aliphatic carbocycles. The molecule has 4 atom stereocenters. The van der Waals surface area contributed by atoms with Gasteiger partial charge < -0.3 is 29.9 Å². The highest BCUT2D eigenvalue weighted by Gasteiger charge is 2.47. The fraction of sp³-hybridized carbons (Fsp3) is 0.344. The van der Waals surface area contributed by atoms with Gasteiger partial charge in [0.1, 0.15) is 6.04 Å². The van der Waals surface area contributed by atoms with Crippen LogP contribution in [0.2, 0.25) is 0 Å². The van der Waals surface area contributed by atoms with Gasteiger partial charge in [0, 0.05) is 34.9 Å². The summed E-state index contributed by atoms with van der Waals surface area (Å²) >= 11 is 1.52. The standard InChI is InChI=1S/C32H31F3N2O7S/c33-32(34,35)31(42)37-15-1-2-26(37)28(39)36-23-11-7-22(8-12-23)30-43-24(18-45-25-13-9-21(10-14-25)29(40)41)16-27(44-30)20-5-3-19(17-38)4-6-20/h3-14,24,26-27,30,38H,1-2,15-18H2,(H,36,39)(H,40,41)/t24-,26-,27+,30+/m0/s1. The van der Waals surface area contributed by atoms with Gasteiger partial charge in [-0.2, -0.15) is 13.2 Å². The molecule has 2 amide bonds. The molecule has 2 aliphatic heterocycles. The number of rotatable bonds is 9. The predicted octanol–water partition coefficient (Wildman–Crippen LogP) is 5.71. The number of aliphatic hydroxyl groups is 1. The Morgan fingerprint density at radius 3 is 2.22 bits per heavy atom. The number of nitrogens with zero attached hydrogens (tertiary/aromatic N) is 1. The van der Waals surface area contributed by atoms with Crippen molar-refractivity contribution in [3.8, 4) is 0 Å². The first kappa shape index (κ1) is 32.5. The number of likely N-dealkylation sites (tertiary alicyclic amines) is 1. The van der Waals surface area contributed by atoms with Crippen LogP contribution in [0.15, 0.2) is 77.7 Å². The van der Waals surface area contributed by atoms with Crippen molar-refractivity contribution >= 4 is 35.2 Å². The Bertz CT molecular complexity index is 1500. The molecule has 45 heavy (non-hydrogen) atoms. The Balaban J connectivity index is 1.28. The van der Waals surface area contributed by atoms with Gasteiger partial charge in [-0.3, -0.25) is 9.59 Å². The summed E-state index contributed by atoms with van der Waals surface area (Å²) in [4.78, 5) is 37.2. The van der Waals surface area contributed by atoms with Crippen LogP contribution in [-0.2, 0) is 25.7 Å². The Morgan fingerprint density at radius 2 is 1.60 bits per heavy atom. The molecular formula is C32H31F3N2O7S. The molecule has 5 rings (SSSR count). The van der Waals surface area contributed by atoms with E-state index in [1.165, 1.54) is 11.8 Å². The Morgan fingerprint density at radius 1 is 0.933 bits per heavy atom. The molecule has 2 heterocycles. The van der Waals surface area contributed by atoms with E-state index >= 15 is 0 Å². The van der Waals surface area contributed by atoms with E-state index in [-0.39, 0.29) is 37.3 Å². The molecule has 3 aromatic rings. The van der Waals surface area contributed by atoms with Gasteiger partial charge in [0.2, 0.25) is 5.91 Å². The number of alkyl halides is 3. The van der Waals surface area contributed by atoms with E-state index in [0.717, 1.165) is 16.0 Å². The predicted molar refractivity (Wildman–Crippen MR) is 158 cm³/mol. The molecule has 0 aromatic heterocycles. The second-order valence-electron chi connectivity index (χ2n) is 10.8. The summed E-state index contributed by atoms with van der Waals surface area (Å²) in [5.41, 5.74) is 2.86. The number of carboxylic acids is 1. The maximum Gasteiger partial charge on any atom is 0.471 e. The van der Waals surface area contributed by atoms with Crippen LogP contribution >= 0.6 is 11.8 Å². The number of aromatic carboxylic acids is 1. The maximum atomic E-state index is 13.0. The van der Waals surface area contributed by atoms with Crippen molar-refractivity contribution in [2.45, 2.75) is 61.5 Å². The van der Waals surface area contributed by atoms with Crippen molar-refractivity contribution in [2.24, 2.45) is 0 Å². The van der Waals surface area contributed by atoms with Gasteiger partial charge in [0.25, 0.3) is 0 Å². The number of anilines is 1. The van der Waals surface area contributed by atoms with Crippen molar-refractivity contribution < 1.29 is 47.2 Å². The summed E-state index contributed by atoms with van der Waals surface area (Å²) in [6, 6.07) is 19.4. The highest BCUT2D eigenvalue weighted by molar-refractivity contribution is 7.99. The fourth-order valence-electron chi connectivity index (χ4n) is 5.30. The zero-order chi connectivity index (χ0) is 32.1. The van der Waals surface area contributed by atoms with Crippen LogP contribution in [0, 0.1) is 0 Å². The number of carbonyl (C=O) groups is 3. The first-order valence-corrected chi connectivity index (χ1v) is 15.3. The third kappa shape index (κ3) is 8.03. The van der Waals surface area contributed by atoms with Gasteiger partial charge in [0.05, 0.1) is 24.4 Å². The second kappa shape index (κ2) is 14.0. The minimum atomic E-state index is -5.05. The van der Waals surface area contributed by atoms with Crippen molar-refractivity contribution in [2.75, 3.05) is 17.6 Å². The number of carboxylic acid groups (broad SMARTS) is 1. The summed E-state index contributed by atoms with van der Waals surface area (Å²) < 4.78 is 51.6. The van der Waals surface area contributed by atoms with Crippen LogP contribution in [0.3, 0.4) is 0 Å². The normalized spacial score (nSPS) is 21.8. The number of aliphatic hydroxyl groups excluding tert-OH is 1. The molecule has 0 unspecified atom stereocenters. The van der Waals surface area contributed by atoms with Gasteiger partial charge >= 0.3 is 18.1 Å². The molecule has 0 saturated carbocycles. The monoisotopic (exact) mass is 644 g/mol. The number of thioether (sulfide) groups is 1. The first-order valence-electron chi connectivity index (χ1n) is 14.3. The number of amides is 2. The summed E-state index contributed by atoms with van der Waals surface area (Å²) in [5.74, 6) is -3.16. The van der Waals surface area contributed by atoms with E-state index in [1.807, 2.05) is 24.3 Å². The topological polar surface area (TPSA) is 125 Å². The molecule has 9 nitrogen and oxygen atoms in total. The average molecular weight is 645 g/mol. The third-order valence-corrected chi connectivity index (χ3v) is 8.81. The van der Waals surface area contributed by atoms with Crippen LogP contribution in [-0.4, -0.2) is 63.5 Å².